The summed E-state index contributed by atoms with van der Waals surface area (Å²) in [6.07, 6.45) is 1.79. The second-order valence-electron chi connectivity index (χ2n) is 5.71. The number of rotatable bonds is 3. The number of nitrogens with zero attached hydrogens (tertiary/aromatic N) is 1. The quantitative estimate of drug-likeness (QED) is 0.908. The highest BCUT2D eigenvalue weighted by Gasteiger charge is 2.28. The first-order chi connectivity index (χ1) is 8.99. The number of likely N-dealkylation sites (tertiary alicyclic amines) is 1. The summed E-state index contributed by atoms with van der Waals surface area (Å²) in [5, 5.41) is 9.18. The first-order valence-electron chi connectivity index (χ1n) is 7.03. The lowest BCUT2D eigenvalue weighted by Crippen LogP contribution is -2.40. The zero-order valence-electron chi connectivity index (χ0n) is 12.0. The van der Waals surface area contributed by atoms with Crippen molar-refractivity contribution in [1.29, 1.82) is 0 Å². The van der Waals surface area contributed by atoms with Gasteiger partial charge in [0.25, 0.3) is 0 Å². The van der Waals surface area contributed by atoms with Crippen molar-refractivity contribution >= 4 is 5.97 Å². The Morgan fingerprint density at radius 3 is 2.84 bits per heavy atom. The maximum absolute atomic E-state index is 11.2. The van der Waals surface area contributed by atoms with Gasteiger partial charge in [-0.05, 0) is 51.3 Å². The molecule has 19 heavy (non-hydrogen) atoms. The predicted molar refractivity (Wildman–Crippen MR) is 76.3 cm³/mol. The maximum atomic E-state index is 11.2. The van der Waals surface area contributed by atoms with Gasteiger partial charge < -0.3 is 5.11 Å². The van der Waals surface area contributed by atoms with E-state index in [9.17, 15) is 9.90 Å². The summed E-state index contributed by atoms with van der Waals surface area (Å²) in [4.78, 5) is 13.5. The fourth-order valence-corrected chi connectivity index (χ4v) is 2.97. The summed E-state index contributed by atoms with van der Waals surface area (Å²) < 4.78 is 0. The van der Waals surface area contributed by atoms with Gasteiger partial charge >= 0.3 is 5.97 Å². The van der Waals surface area contributed by atoms with Crippen LogP contribution in [0.5, 0.6) is 0 Å². The third kappa shape index (κ3) is 3.16. The third-order valence-electron chi connectivity index (χ3n) is 4.23. The molecule has 3 nitrogen and oxygen atoms in total. The van der Waals surface area contributed by atoms with Crippen LogP contribution < -0.4 is 0 Å². The molecule has 1 aliphatic heterocycles. The number of aryl methyl sites for hydroxylation is 2. The number of hydrogen-bond acceptors (Lipinski definition) is 2. The molecule has 0 amide bonds. The van der Waals surface area contributed by atoms with Crippen LogP contribution in [-0.4, -0.2) is 29.1 Å². The van der Waals surface area contributed by atoms with E-state index in [-0.39, 0.29) is 5.92 Å². The predicted octanol–water partition coefficient (Wildman–Crippen LogP) is 3.16. The second-order valence-corrected chi connectivity index (χ2v) is 5.71. The van der Waals surface area contributed by atoms with E-state index in [4.69, 9.17) is 0 Å². The molecular formula is C16H23NO2. The van der Waals surface area contributed by atoms with Crippen molar-refractivity contribution in [3.8, 4) is 0 Å². The molecule has 0 aromatic heterocycles. The lowest BCUT2D eigenvalue weighted by atomic mass is 9.93. The number of benzene rings is 1. The first kappa shape index (κ1) is 14.1. The van der Waals surface area contributed by atoms with Gasteiger partial charge in [0.1, 0.15) is 0 Å². The first-order valence-corrected chi connectivity index (χ1v) is 7.03. The standard InChI is InChI=1S/C16H23NO2/c1-11-6-7-12(2)15(9-11)13(3)17-8-4-5-14(10-17)16(18)19/h6-7,9,13-14H,4-5,8,10H2,1-3H3,(H,18,19). The van der Waals surface area contributed by atoms with E-state index >= 15 is 0 Å². The second kappa shape index (κ2) is 5.74. The summed E-state index contributed by atoms with van der Waals surface area (Å²) in [7, 11) is 0. The topological polar surface area (TPSA) is 40.5 Å². The molecule has 0 saturated carbocycles. The highest BCUT2D eigenvalue weighted by Crippen LogP contribution is 2.29. The minimum Gasteiger partial charge on any atom is -0.481 e. The van der Waals surface area contributed by atoms with E-state index in [2.05, 4.69) is 43.9 Å². The average molecular weight is 261 g/mol. The van der Waals surface area contributed by atoms with E-state index in [0.717, 1.165) is 19.4 Å². The van der Waals surface area contributed by atoms with Gasteiger partial charge in [-0.15, -0.1) is 0 Å². The zero-order chi connectivity index (χ0) is 14.0. The molecule has 1 heterocycles. The highest BCUT2D eigenvalue weighted by molar-refractivity contribution is 5.70. The third-order valence-corrected chi connectivity index (χ3v) is 4.23. The van der Waals surface area contributed by atoms with Gasteiger partial charge in [-0.3, -0.25) is 9.69 Å². The molecule has 1 aromatic carbocycles. The Labute approximate surface area is 115 Å². The zero-order valence-corrected chi connectivity index (χ0v) is 12.0. The molecule has 0 bridgehead atoms. The summed E-state index contributed by atoms with van der Waals surface area (Å²) in [5.41, 5.74) is 3.88. The number of carboxylic acids is 1. The Kier molecular flexibility index (Phi) is 4.25. The fraction of sp³-hybridized carbons (Fsp3) is 0.562. The van der Waals surface area contributed by atoms with Gasteiger partial charge in [-0.1, -0.05) is 23.8 Å². The van der Waals surface area contributed by atoms with Crippen molar-refractivity contribution in [3.05, 3.63) is 34.9 Å². The number of aliphatic carboxylic acids is 1. The van der Waals surface area contributed by atoms with Gasteiger partial charge in [0.15, 0.2) is 0 Å². The monoisotopic (exact) mass is 261 g/mol. The van der Waals surface area contributed by atoms with E-state index < -0.39 is 5.97 Å². The van der Waals surface area contributed by atoms with E-state index in [1.54, 1.807) is 0 Å². The van der Waals surface area contributed by atoms with Crippen molar-refractivity contribution in [2.24, 2.45) is 5.92 Å². The van der Waals surface area contributed by atoms with Crippen LogP contribution in [0.2, 0.25) is 0 Å². The molecule has 1 aromatic rings. The average Bonchev–Trinajstić information content (AvgIpc) is 2.41. The van der Waals surface area contributed by atoms with Crippen molar-refractivity contribution in [2.45, 2.75) is 39.7 Å². The van der Waals surface area contributed by atoms with Crippen molar-refractivity contribution in [3.63, 3.8) is 0 Å². The molecule has 2 rings (SSSR count). The van der Waals surface area contributed by atoms with Crippen LogP contribution in [0.25, 0.3) is 0 Å². The van der Waals surface area contributed by atoms with E-state index in [1.165, 1.54) is 16.7 Å². The summed E-state index contributed by atoms with van der Waals surface area (Å²) in [6, 6.07) is 6.80. The molecule has 0 spiro atoms. The maximum Gasteiger partial charge on any atom is 0.307 e. The molecular weight excluding hydrogens is 238 g/mol. The number of carbonyl (C=O) groups is 1. The molecule has 1 aliphatic rings. The lowest BCUT2D eigenvalue weighted by Gasteiger charge is -2.36. The van der Waals surface area contributed by atoms with Crippen LogP contribution in [0, 0.1) is 19.8 Å². The van der Waals surface area contributed by atoms with Crippen LogP contribution in [0.1, 0.15) is 42.5 Å². The normalized spacial score (nSPS) is 22.2. The number of carboxylic acid groups (broad SMARTS) is 1. The number of piperidine rings is 1. The summed E-state index contributed by atoms with van der Waals surface area (Å²) >= 11 is 0. The van der Waals surface area contributed by atoms with Crippen LogP contribution in [0.15, 0.2) is 18.2 Å². The minimum atomic E-state index is -0.655. The highest BCUT2D eigenvalue weighted by atomic mass is 16.4. The van der Waals surface area contributed by atoms with E-state index in [0.29, 0.717) is 12.6 Å². The summed E-state index contributed by atoms with van der Waals surface area (Å²) in [5.74, 6) is -0.862. The van der Waals surface area contributed by atoms with Crippen LogP contribution in [0.3, 0.4) is 0 Å². The molecule has 104 valence electrons. The largest absolute Gasteiger partial charge is 0.481 e. The van der Waals surface area contributed by atoms with Crippen LogP contribution >= 0.6 is 0 Å². The molecule has 3 heteroatoms. The van der Waals surface area contributed by atoms with Gasteiger partial charge in [0, 0.05) is 12.6 Å². The molecule has 0 aliphatic carbocycles. The molecule has 2 atom stereocenters. The Morgan fingerprint density at radius 1 is 1.42 bits per heavy atom. The Morgan fingerprint density at radius 2 is 2.16 bits per heavy atom. The summed E-state index contributed by atoms with van der Waals surface area (Å²) in [6.45, 7) is 8.09. The van der Waals surface area contributed by atoms with Crippen molar-refractivity contribution in [2.75, 3.05) is 13.1 Å². The van der Waals surface area contributed by atoms with Crippen molar-refractivity contribution in [1.82, 2.24) is 4.90 Å². The molecule has 1 saturated heterocycles. The van der Waals surface area contributed by atoms with Crippen LogP contribution in [0.4, 0.5) is 0 Å². The molecule has 1 fully saturated rings. The SMILES string of the molecule is Cc1ccc(C)c(C(C)N2CCCC(C(=O)O)C2)c1. The molecule has 0 radical (unpaired) electrons. The Balaban J connectivity index is 2.16. The van der Waals surface area contributed by atoms with Gasteiger partial charge in [-0.2, -0.15) is 0 Å². The van der Waals surface area contributed by atoms with Crippen molar-refractivity contribution < 1.29 is 9.90 Å². The lowest BCUT2D eigenvalue weighted by molar-refractivity contribution is -0.143. The smallest absolute Gasteiger partial charge is 0.307 e. The van der Waals surface area contributed by atoms with Crippen LogP contribution in [-0.2, 0) is 4.79 Å². The Bertz CT molecular complexity index is 470. The molecule has 1 N–H and O–H groups in total. The fourth-order valence-electron chi connectivity index (χ4n) is 2.97. The van der Waals surface area contributed by atoms with Gasteiger partial charge in [0.05, 0.1) is 5.92 Å². The molecule has 2 unspecified atom stereocenters. The van der Waals surface area contributed by atoms with Gasteiger partial charge in [0.2, 0.25) is 0 Å². The van der Waals surface area contributed by atoms with E-state index in [1.807, 2.05) is 0 Å². The minimum absolute atomic E-state index is 0.207. The number of hydrogen-bond donors (Lipinski definition) is 1. The van der Waals surface area contributed by atoms with Gasteiger partial charge in [-0.25, -0.2) is 0 Å². The Hall–Kier alpha value is -1.35.